The number of rotatable bonds is 5. The van der Waals surface area contributed by atoms with E-state index in [9.17, 15) is 9.59 Å². The van der Waals surface area contributed by atoms with Gasteiger partial charge >= 0.3 is 0 Å². The van der Waals surface area contributed by atoms with Crippen LogP contribution in [0.25, 0.3) is 10.2 Å². The van der Waals surface area contributed by atoms with Crippen molar-refractivity contribution in [1.82, 2.24) is 14.8 Å². The number of aryl methyl sites for hydroxylation is 1. The summed E-state index contributed by atoms with van der Waals surface area (Å²) in [5.41, 5.74) is 2.02. The van der Waals surface area contributed by atoms with Gasteiger partial charge in [-0.25, -0.2) is 4.98 Å². The van der Waals surface area contributed by atoms with Gasteiger partial charge in [-0.2, -0.15) is 0 Å². The van der Waals surface area contributed by atoms with Crippen molar-refractivity contribution in [3.05, 3.63) is 23.8 Å². The fourth-order valence-corrected chi connectivity index (χ4v) is 3.60. The van der Waals surface area contributed by atoms with E-state index in [1.54, 1.807) is 7.05 Å². The monoisotopic (exact) mass is 362 g/mol. The van der Waals surface area contributed by atoms with E-state index in [-0.39, 0.29) is 18.4 Å². The average molecular weight is 362 g/mol. The molecule has 8 heteroatoms. The Morgan fingerprint density at radius 2 is 2.12 bits per heavy atom. The van der Waals surface area contributed by atoms with Gasteiger partial charge in [0, 0.05) is 20.1 Å². The number of ether oxygens (including phenoxy) is 1. The molecule has 0 aliphatic carbocycles. The molecule has 1 aromatic heterocycles. The fourth-order valence-electron chi connectivity index (χ4n) is 2.62. The second-order valence-corrected chi connectivity index (χ2v) is 7.21. The van der Waals surface area contributed by atoms with E-state index in [2.05, 4.69) is 10.3 Å². The van der Waals surface area contributed by atoms with E-state index in [1.807, 2.05) is 30.0 Å². The number of carbonyl (C=O) groups excluding carboxylic acids is 2. The normalized spacial score (nSPS) is 15.3. The standard InChI is InChI=1S/C17H22N4O3S/c1-12-3-4-13-14(9-12)25-17(18-13)19-15(22)10-20(2)16(23)11-21-5-7-24-8-6-21/h3-4,9H,5-8,10-11H2,1-2H3,(H,18,19,22). The molecule has 0 saturated carbocycles. The van der Waals surface area contributed by atoms with Crippen LogP contribution in [0.15, 0.2) is 18.2 Å². The third kappa shape index (κ3) is 4.75. The summed E-state index contributed by atoms with van der Waals surface area (Å²) in [4.78, 5) is 32.3. The first kappa shape index (κ1) is 17.8. The molecule has 2 amide bonds. The maximum atomic E-state index is 12.2. The van der Waals surface area contributed by atoms with Crippen LogP contribution in [0.1, 0.15) is 5.56 Å². The summed E-state index contributed by atoms with van der Waals surface area (Å²) in [7, 11) is 1.64. The smallest absolute Gasteiger partial charge is 0.245 e. The number of hydrogen-bond donors (Lipinski definition) is 1. The highest BCUT2D eigenvalue weighted by atomic mass is 32.1. The van der Waals surface area contributed by atoms with Crippen LogP contribution in [0, 0.1) is 6.92 Å². The first-order valence-corrected chi connectivity index (χ1v) is 9.04. The number of nitrogens with zero attached hydrogens (tertiary/aromatic N) is 3. The van der Waals surface area contributed by atoms with E-state index in [0.29, 0.717) is 24.9 Å². The molecule has 7 nitrogen and oxygen atoms in total. The lowest BCUT2D eigenvalue weighted by molar-refractivity contribution is -0.135. The summed E-state index contributed by atoms with van der Waals surface area (Å²) in [6, 6.07) is 5.97. The third-order valence-electron chi connectivity index (χ3n) is 4.06. The number of carbonyl (C=O) groups is 2. The van der Waals surface area contributed by atoms with E-state index in [1.165, 1.54) is 16.2 Å². The van der Waals surface area contributed by atoms with Gasteiger partial charge in [0.2, 0.25) is 11.8 Å². The van der Waals surface area contributed by atoms with Crippen molar-refractivity contribution in [2.24, 2.45) is 0 Å². The second-order valence-electron chi connectivity index (χ2n) is 6.18. The number of likely N-dealkylation sites (N-methyl/N-ethyl adjacent to an activating group) is 1. The zero-order chi connectivity index (χ0) is 17.8. The van der Waals surface area contributed by atoms with E-state index >= 15 is 0 Å². The Morgan fingerprint density at radius 1 is 1.36 bits per heavy atom. The van der Waals surface area contributed by atoms with Gasteiger partial charge < -0.3 is 15.0 Å². The number of hydrogen-bond acceptors (Lipinski definition) is 6. The average Bonchev–Trinajstić information content (AvgIpc) is 2.96. The Morgan fingerprint density at radius 3 is 2.88 bits per heavy atom. The number of benzene rings is 1. The lowest BCUT2D eigenvalue weighted by atomic mass is 10.2. The molecule has 1 aliphatic rings. The molecule has 2 aromatic rings. The van der Waals surface area contributed by atoms with Gasteiger partial charge in [-0.1, -0.05) is 17.4 Å². The SMILES string of the molecule is Cc1ccc2nc(NC(=O)CN(C)C(=O)CN3CCOCC3)sc2c1. The van der Waals surface area contributed by atoms with Crippen LogP contribution in [-0.2, 0) is 14.3 Å². The first-order valence-electron chi connectivity index (χ1n) is 8.22. The van der Waals surface area contributed by atoms with Crippen molar-refractivity contribution in [2.45, 2.75) is 6.92 Å². The molecular formula is C17H22N4O3S. The molecule has 2 heterocycles. The predicted molar refractivity (Wildman–Crippen MR) is 97.9 cm³/mol. The lowest BCUT2D eigenvalue weighted by Gasteiger charge is -2.27. The molecule has 0 radical (unpaired) electrons. The molecule has 134 valence electrons. The van der Waals surface area contributed by atoms with E-state index < -0.39 is 0 Å². The van der Waals surface area contributed by atoms with Crippen LogP contribution in [0.4, 0.5) is 5.13 Å². The van der Waals surface area contributed by atoms with Crippen LogP contribution < -0.4 is 5.32 Å². The molecular weight excluding hydrogens is 340 g/mol. The van der Waals surface area contributed by atoms with Crippen LogP contribution >= 0.6 is 11.3 Å². The third-order valence-corrected chi connectivity index (χ3v) is 4.99. The van der Waals surface area contributed by atoms with Crippen molar-refractivity contribution >= 4 is 38.5 Å². The van der Waals surface area contributed by atoms with Crippen molar-refractivity contribution in [2.75, 3.05) is 51.8 Å². The number of anilines is 1. The minimum absolute atomic E-state index is 0.0120. The van der Waals surface area contributed by atoms with Gasteiger partial charge in [-0.3, -0.25) is 14.5 Å². The number of thiazole rings is 1. The number of morpholine rings is 1. The first-order chi connectivity index (χ1) is 12.0. The molecule has 1 fully saturated rings. The quantitative estimate of drug-likeness (QED) is 0.869. The Kier molecular flexibility index (Phi) is 5.62. The minimum Gasteiger partial charge on any atom is -0.379 e. The molecule has 1 N–H and O–H groups in total. The molecule has 0 spiro atoms. The molecule has 25 heavy (non-hydrogen) atoms. The van der Waals surface area contributed by atoms with Gasteiger partial charge in [0.25, 0.3) is 0 Å². The van der Waals surface area contributed by atoms with Crippen molar-refractivity contribution in [3.63, 3.8) is 0 Å². The maximum Gasteiger partial charge on any atom is 0.245 e. The highest BCUT2D eigenvalue weighted by Crippen LogP contribution is 2.26. The number of aromatic nitrogens is 1. The Bertz CT molecular complexity index is 770. The highest BCUT2D eigenvalue weighted by Gasteiger charge is 2.19. The molecule has 1 aromatic carbocycles. The maximum absolute atomic E-state index is 12.2. The molecule has 0 atom stereocenters. The molecule has 3 rings (SSSR count). The van der Waals surface area contributed by atoms with Crippen molar-refractivity contribution in [3.8, 4) is 0 Å². The Balaban J connectivity index is 1.52. The molecule has 1 aliphatic heterocycles. The molecule has 1 saturated heterocycles. The summed E-state index contributed by atoms with van der Waals surface area (Å²) in [5, 5.41) is 3.34. The van der Waals surface area contributed by atoms with Gasteiger partial charge in [-0.05, 0) is 24.6 Å². The summed E-state index contributed by atoms with van der Waals surface area (Å²) >= 11 is 1.44. The summed E-state index contributed by atoms with van der Waals surface area (Å²) in [6.45, 7) is 5.13. The van der Waals surface area contributed by atoms with Gasteiger partial charge in [0.1, 0.15) is 0 Å². The second kappa shape index (κ2) is 7.90. The summed E-state index contributed by atoms with van der Waals surface area (Å²) < 4.78 is 6.30. The van der Waals surface area contributed by atoms with Gasteiger partial charge in [-0.15, -0.1) is 0 Å². The lowest BCUT2D eigenvalue weighted by Crippen LogP contribution is -2.45. The minimum atomic E-state index is -0.242. The van der Waals surface area contributed by atoms with Gasteiger partial charge in [0.05, 0.1) is 36.5 Å². The van der Waals surface area contributed by atoms with Crippen molar-refractivity contribution in [1.29, 1.82) is 0 Å². The number of fused-ring (bicyclic) bond motifs is 1. The molecule has 0 bridgehead atoms. The Hall–Kier alpha value is -2.03. The van der Waals surface area contributed by atoms with Crippen LogP contribution in [-0.4, -0.2) is 73.0 Å². The van der Waals surface area contributed by atoms with E-state index in [4.69, 9.17) is 4.74 Å². The summed E-state index contributed by atoms with van der Waals surface area (Å²) in [5.74, 6) is -0.314. The zero-order valence-electron chi connectivity index (χ0n) is 14.4. The van der Waals surface area contributed by atoms with Crippen LogP contribution in [0.2, 0.25) is 0 Å². The molecule has 0 unspecified atom stereocenters. The van der Waals surface area contributed by atoms with E-state index in [0.717, 1.165) is 28.9 Å². The zero-order valence-corrected chi connectivity index (χ0v) is 15.3. The van der Waals surface area contributed by atoms with Gasteiger partial charge in [0.15, 0.2) is 5.13 Å². The number of nitrogens with one attached hydrogen (secondary N) is 1. The largest absolute Gasteiger partial charge is 0.379 e. The summed E-state index contributed by atoms with van der Waals surface area (Å²) in [6.07, 6.45) is 0. The number of amides is 2. The van der Waals surface area contributed by atoms with Crippen LogP contribution in [0.5, 0.6) is 0 Å². The Labute approximate surface area is 150 Å². The predicted octanol–water partition coefficient (Wildman–Crippen LogP) is 1.33. The fraction of sp³-hybridized carbons (Fsp3) is 0.471. The van der Waals surface area contributed by atoms with Crippen LogP contribution in [0.3, 0.4) is 0 Å². The highest BCUT2D eigenvalue weighted by molar-refractivity contribution is 7.22. The van der Waals surface area contributed by atoms with Crippen molar-refractivity contribution < 1.29 is 14.3 Å². The topological polar surface area (TPSA) is 74.8 Å².